The van der Waals surface area contributed by atoms with Gasteiger partial charge in [0.05, 0.1) is 12.1 Å². The molecule has 1 aromatic carbocycles. The van der Waals surface area contributed by atoms with E-state index >= 15 is 0 Å². The molecule has 0 aliphatic rings. The minimum absolute atomic E-state index is 0.219. The van der Waals surface area contributed by atoms with Crippen molar-refractivity contribution in [1.82, 2.24) is 10.6 Å². The lowest BCUT2D eigenvalue weighted by Crippen LogP contribution is -2.40. The molecule has 0 aliphatic carbocycles. The summed E-state index contributed by atoms with van der Waals surface area (Å²) in [6.45, 7) is -0.219. The highest BCUT2D eigenvalue weighted by Crippen LogP contribution is 2.13. The van der Waals surface area contributed by atoms with Crippen LogP contribution in [0.3, 0.4) is 0 Å². The fourth-order valence-corrected chi connectivity index (χ4v) is 1.24. The number of primary amides is 1. The molecule has 0 heterocycles. The van der Waals surface area contributed by atoms with Crippen LogP contribution in [-0.2, 0) is 4.79 Å². The number of halogens is 1. The number of benzene rings is 1. The summed E-state index contributed by atoms with van der Waals surface area (Å²) in [5.41, 5.74) is 5.00. The molecule has 4 amide bonds. The van der Waals surface area contributed by atoms with Crippen molar-refractivity contribution in [3.05, 3.63) is 29.6 Å². The van der Waals surface area contributed by atoms with Gasteiger partial charge in [0, 0.05) is 12.7 Å². The quantitative estimate of drug-likeness (QED) is 0.605. The van der Waals surface area contributed by atoms with Gasteiger partial charge in [-0.3, -0.25) is 14.9 Å². The second-order valence-electron chi connectivity index (χ2n) is 3.54. The Morgan fingerprint density at radius 3 is 2.53 bits per heavy atom. The van der Waals surface area contributed by atoms with Crippen LogP contribution in [0.5, 0.6) is 0 Å². The zero-order valence-electron chi connectivity index (χ0n) is 10.1. The van der Waals surface area contributed by atoms with E-state index in [0.717, 1.165) is 6.07 Å². The third-order valence-corrected chi connectivity index (χ3v) is 2.17. The highest BCUT2D eigenvalue weighted by atomic mass is 19.1. The third kappa shape index (κ3) is 4.26. The first-order chi connectivity index (χ1) is 8.93. The van der Waals surface area contributed by atoms with E-state index in [1.165, 1.54) is 19.2 Å². The van der Waals surface area contributed by atoms with E-state index in [2.05, 4.69) is 10.6 Å². The van der Waals surface area contributed by atoms with Crippen molar-refractivity contribution in [3.8, 4) is 0 Å². The molecule has 5 N–H and O–H groups in total. The second-order valence-corrected chi connectivity index (χ2v) is 3.54. The number of nitrogens with one attached hydrogen (secondary N) is 3. The van der Waals surface area contributed by atoms with Crippen molar-refractivity contribution in [1.29, 1.82) is 0 Å². The first-order valence-electron chi connectivity index (χ1n) is 5.29. The summed E-state index contributed by atoms with van der Waals surface area (Å²) in [5.74, 6) is -2.25. The summed E-state index contributed by atoms with van der Waals surface area (Å²) in [6.07, 6.45) is 0. The van der Waals surface area contributed by atoms with Gasteiger partial charge in [0.1, 0.15) is 5.82 Å². The van der Waals surface area contributed by atoms with E-state index < -0.39 is 23.7 Å². The molecule has 1 rings (SSSR count). The Labute approximate surface area is 108 Å². The van der Waals surface area contributed by atoms with Crippen LogP contribution < -0.4 is 21.7 Å². The molecule has 0 bridgehead atoms. The van der Waals surface area contributed by atoms with Crippen molar-refractivity contribution >= 4 is 23.5 Å². The smallest absolute Gasteiger partial charge is 0.321 e. The molecule has 0 aromatic heterocycles. The zero-order chi connectivity index (χ0) is 14.4. The number of carbonyl (C=O) groups is 3. The van der Waals surface area contributed by atoms with E-state index in [9.17, 15) is 18.8 Å². The number of imide groups is 1. The van der Waals surface area contributed by atoms with Crippen LogP contribution in [0, 0.1) is 5.82 Å². The average molecular weight is 268 g/mol. The molecular formula is C11H13FN4O3. The average Bonchev–Trinajstić information content (AvgIpc) is 2.35. The first-order valence-corrected chi connectivity index (χ1v) is 5.29. The topological polar surface area (TPSA) is 113 Å². The van der Waals surface area contributed by atoms with Gasteiger partial charge in [0.2, 0.25) is 5.91 Å². The Balaban J connectivity index is 2.59. The fraction of sp³-hybridized carbons (Fsp3) is 0.182. The monoisotopic (exact) mass is 268 g/mol. The third-order valence-electron chi connectivity index (χ3n) is 2.17. The number of anilines is 1. The Morgan fingerprint density at radius 1 is 1.32 bits per heavy atom. The Hall–Kier alpha value is -2.64. The molecule has 0 aliphatic heterocycles. The normalized spacial score (nSPS) is 9.58. The molecular weight excluding hydrogens is 255 g/mol. The SMILES string of the molecule is CNC(=O)NC(=O)CNc1ccc(C(N)=O)c(F)c1. The van der Waals surface area contributed by atoms with Gasteiger partial charge in [-0.2, -0.15) is 0 Å². The fourth-order valence-electron chi connectivity index (χ4n) is 1.24. The van der Waals surface area contributed by atoms with Gasteiger partial charge in [0.15, 0.2) is 0 Å². The van der Waals surface area contributed by atoms with Crippen molar-refractivity contribution in [2.24, 2.45) is 5.73 Å². The van der Waals surface area contributed by atoms with E-state index in [-0.39, 0.29) is 17.8 Å². The lowest BCUT2D eigenvalue weighted by molar-refractivity contribution is -0.118. The maximum atomic E-state index is 13.4. The number of rotatable bonds is 4. The molecule has 0 atom stereocenters. The van der Waals surface area contributed by atoms with Crippen molar-refractivity contribution in [2.75, 3.05) is 18.9 Å². The lowest BCUT2D eigenvalue weighted by Gasteiger charge is -2.07. The van der Waals surface area contributed by atoms with Gasteiger partial charge in [-0.1, -0.05) is 0 Å². The Kier molecular flexibility index (Phi) is 4.81. The molecule has 0 spiro atoms. The molecule has 1 aromatic rings. The molecule has 0 saturated carbocycles. The molecule has 0 fully saturated rings. The molecule has 0 radical (unpaired) electrons. The van der Waals surface area contributed by atoms with Gasteiger partial charge in [0.25, 0.3) is 5.91 Å². The van der Waals surface area contributed by atoms with Gasteiger partial charge >= 0.3 is 6.03 Å². The predicted molar refractivity (Wildman–Crippen MR) is 66.0 cm³/mol. The van der Waals surface area contributed by atoms with E-state index in [4.69, 9.17) is 5.73 Å². The number of urea groups is 1. The van der Waals surface area contributed by atoms with E-state index in [0.29, 0.717) is 0 Å². The number of hydrogen-bond donors (Lipinski definition) is 4. The number of amides is 4. The molecule has 7 nitrogen and oxygen atoms in total. The molecule has 19 heavy (non-hydrogen) atoms. The Bertz CT molecular complexity index is 519. The summed E-state index contributed by atoms with van der Waals surface area (Å²) in [6, 6.07) is 3.00. The van der Waals surface area contributed by atoms with E-state index in [1.54, 1.807) is 0 Å². The van der Waals surface area contributed by atoms with Crippen LogP contribution in [0.2, 0.25) is 0 Å². The van der Waals surface area contributed by atoms with Crippen LogP contribution in [0.1, 0.15) is 10.4 Å². The van der Waals surface area contributed by atoms with Crippen LogP contribution in [0.4, 0.5) is 14.9 Å². The Morgan fingerprint density at radius 2 is 2.00 bits per heavy atom. The van der Waals surface area contributed by atoms with Gasteiger partial charge in [-0.15, -0.1) is 0 Å². The standard InChI is InChI=1S/C11H13FN4O3/c1-14-11(19)16-9(17)5-15-6-2-3-7(10(13)18)8(12)4-6/h2-4,15H,5H2,1H3,(H2,13,18)(H2,14,16,17,19). The van der Waals surface area contributed by atoms with Crippen molar-refractivity contribution < 1.29 is 18.8 Å². The van der Waals surface area contributed by atoms with Crippen molar-refractivity contribution in [3.63, 3.8) is 0 Å². The highest BCUT2D eigenvalue weighted by Gasteiger charge is 2.09. The number of nitrogens with two attached hydrogens (primary N) is 1. The van der Waals surface area contributed by atoms with Gasteiger partial charge < -0.3 is 16.4 Å². The summed E-state index contributed by atoms with van der Waals surface area (Å²) in [5, 5.41) is 6.83. The maximum Gasteiger partial charge on any atom is 0.321 e. The van der Waals surface area contributed by atoms with Crippen LogP contribution in [0.25, 0.3) is 0 Å². The highest BCUT2D eigenvalue weighted by molar-refractivity contribution is 5.96. The summed E-state index contributed by atoms with van der Waals surface area (Å²) < 4.78 is 13.4. The lowest BCUT2D eigenvalue weighted by atomic mass is 10.2. The number of hydrogen-bond acceptors (Lipinski definition) is 4. The second kappa shape index (κ2) is 6.34. The molecule has 0 saturated heterocycles. The zero-order valence-corrected chi connectivity index (χ0v) is 10.1. The van der Waals surface area contributed by atoms with Gasteiger partial charge in [-0.05, 0) is 18.2 Å². The number of carbonyl (C=O) groups excluding carboxylic acids is 3. The minimum atomic E-state index is -0.874. The van der Waals surface area contributed by atoms with E-state index in [1.807, 2.05) is 5.32 Å². The van der Waals surface area contributed by atoms with Crippen LogP contribution in [-0.4, -0.2) is 31.4 Å². The summed E-state index contributed by atoms with van der Waals surface area (Å²) >= 11 is 0. The largest absolute Gasteiger partial charge is 0.376 e. The van der Waals surface area contributed by atoms with Crippen molar-refractivity contribution in [2.45, 2.75) is 0 Å². The summed E-state index contributed by atoms with van der Waals surface area (Å²) in [4.78, 5) is 32.9. The minimum Gasteiger partial charge on any atom is -0.376 e. The maximum absolute atomic E-state index is 13.4. The molecule has 102 valence electrons. The molecule has 8 heteroatoms. The van der Waals surface area contributed by atoms with Crippen LogP contribution >= 0.6 is 0 Å². The van der Waals surface area contributed by atoms with Gasteiger partial charge in [-0.25, -0.2) is 9.18 Å². The van der Waals surface area contributed by atoms with Crippen LogP contribution in [0.15, 0.2) is 18.2 Å². The first kappa shape index (κ1) is 14.4. The molecule has 0 unspecified atom stereocenters. The predicted octanol–water partition coefficient (Wildman–Crippen LogP) is -0.208. The summed E-state index contributed by atoms with van der Waals surface area (Å²) in [7, 11) is 1.37.